The van der Waals surface area contributed by atoms with Crippen molar-refractivity contribution in [1.29, 1.82) is 0 Å². The van der Waals surface area contributed by atoms with Crippen LogP contribution in [0.2, 0.25) is 0 Å². The average molecular weight is 227 g/mol. The van der Waals surface area contributed by atoms with Gasteiger partial charge in [-0.3, -0.25) is 4.99 Å². The number of methoxy groups -OCH3 is 1. The number of nitrogens with zero attached hydrogens (tertiary/aromatic N) is 2. The van der Waals surface area contributed by atoms with E-state index in [1.54, 1.807) is 7.11 Å². The lowest BCUT2D eigenvalue weighted by Crippen LogP contribution is -2.62. The Balaban J connectivity index is 1.91. The fourth-order valence-electron chi connectivity index (χ4n) is 2.67. The number of nitrogens with two attached hydrogens (primary N) is 1. The van der Waals surface area contributed by atoms with Gasteiger partial charge in [0.15, 0.2) is 5.96 Å². The summed E-state index contributed by atoms with van der Waals surface area (Å²) in [5, 5.41) is 0. The Hall–Kier alpha value is -0.810. The Bertz CT molecular complexity index is 274. The van der Waals surface area contributed by atoms with E-state index in [0.29, 0.717) is 18.7 Å². The lowest BCUT2D eigenvalue weighted by Gasteiger charge is -2.50. The first-order chi connectivity index (χ1) is 7.72. The van der Waals surface area contributed by atoms with E-state index in [9.17, 15) is 0 Å². The summed E-state index contributed by atoms with van der Waals surface area (Å²) in [6, 6.07) is 0. The van der Waals surface area contributed by atoms with Gasteiger partial charge in [0, 0.05) is 20.3 Å². The molecule has 0 atom stereocenters. The van der Waals surface area contributed by atoms with Gasteiger partial charge in [-0.15, -0.1) is 0 Å². The number of rotatable bonds is 5. The van der Waals surface area contributed by atoms with Gasteiger partial charge >= 0.3 is 0 Å². The van der Waals surface area contributed by atoms with Crippen molar-refractivity contribution in [2.75, 3.05) is 33.4 Å². The smallest absolute Gasteiger partial charge is 0.191 e. The van der Waals surface area contributed by atoms with Crippen LogP contribution in [0.25, 0.3) is 0 Å². The van der Waals surface area contributed by atoms with E-state index in [2.05, 4.69) is 9.89 Å². The van der Waals surface area contributed by atoms with Crippen molar-refractivity contribution >= 4 is 5.96 Å². The van der Waals surface area contributed by atoms with Gasteiger partial charge in [-0.2, -0.15) is 0 Å². The summed E-state index contributed by atoms with van der Waals surface area (Å²) in [6.45, 7) is 5.15. The van der Waals surface area contributed by atoms with Gasteiger partial charge in [-0.05, 0) is 19.8 Å². The first kappa shape index (κ1) is 11.7. The van der Waals surface area contributed by atoms with Crippen molar-refractivity contribution in [3.8, 4) is 0 Å². The predicted molar refractivity (Wildman–Crippen MR) is 62.5 cm³/mol. The van der Waals surface area contributed by atoms with E-state index in [4.69, 9.17) is 15.2 Å². The maximum atomic E-state index is 5.90. The van der Waals surface area contributed by atoms with E-state index in [-0.39, 0.29) is 5.54 Å². The summed E-state index contributed by atoms with van der Waals surface area (Å²) >= 11 is 0. The second-order valence-electron chi connectivity index (χ2n) is 4.53. The van der Waals surface area contributed by atoms with Crippen molar-refractivity contribution in [2.45, 2.75) is 31.4 Å². The van der Waals surface area contributed by atoms with E-state index in [0.717, 1.165) is 32.5 Å². The van der Waals surface area contributed by atoms with Crippen LogP contribution in [0.4, 0.5) is 0 Å². The topological polar surface area (TPSA) is 60.1 Å². The SMILES string of the molecule is CCOC1CC2(CN=C(N)N2CCOC)C1. The molecule has 1 fully saturated rings. The Kier molecular flexibility index (Phi) is 3.35. The standard InChI is InChI=1S/C11H21N3O2/c1-3-16-9-6-11(7-9)8-13-10(12)14(11)4-5-15-2/h9H,3-8H2,1-2H3,(H2,12,13). The summed E-state index contributed by atoms with van der Waals surface area (Å²) in [5.74, 6) is 0.659. The van der Waals surface area contributed by atoms with Crippen LogP contribution in [0.5, 0.6) is 0 Å². The maximum absolute atomic E-state index is 5.90. The van der Waals surface area contributed by atoms with Crippen LogP contribution in [0.1, 0.15) is 19.8 Å². The quantitative estimate of drug-likeness (QED) is 0.729. The molecule has 0 amide bonds. The number of hydrogen-bond donors (Lipinski definition) is 1. The largest absolute Gasteiger partial charge is 0.383 e. The molecule has 0 aromatic rings. The molecular formula is C11H21N3O2. The zero-order valence-electron chi connectivity index (χ0n) is 10.1. The predicted octanol–water partition coefficient (Wildman–Crippen LogP) is 0.201. The first-order valence-electron chi connectivity index (χ1n) is 5.90. The molecule has 5 nitrogen and oxygen atoms in total. The number of aliphatic imine (C=N–C) groups is 1. The van der Waals surface area contributed by atoms with Crippen molar-refractivity contribution in [1.82, 2.24) is 4.90 Å². The van der Waals surface area contributed by atoms with Crippen LogP contribution in [0, 0.1) is 0 Å². The van der Waals surface area contributed by atoms with Gasteiger partial charge in [0.05, 0.1) is 24.8 Å². The van der Waals surface area contributed by atoms with Gasteiger partial charge in [0.2, 0.25) is 0 Å². The summed E-state index contributed by atoms with van der Waals surface area (Å²) in [4.78, 5) is 6.54. The fraction of sp³-hybridized carbons (Fsp3) is 0.909. The lowest BCUT2D eigenvalue weighted by atomic mass is 9.73. The summed E-state index contributed by atoms with van der Waals surface area (Å²) in [7, 11) is 1.71. The van der Waals surface area contributed by atoms with Crippen LogP contribution in [0.3, 0.4) is 0 Å². The van der Waals surface area contributed by atoms with Gasteiger partial charge in [0.25, 0.3) is 0 Å². The zero-order valence-corrected chi connectivity index (χ0v) is 10.1. The van der Waals surface area contributed by atoms with Crippen LogP contribution >= 0.6 is 0 Å². The highest BCUT2D eigenvalue weighted by Crippen LogP contribution is 2.42. The molecule has 1 spiro atoms. The molecule has 92 valence electrons. The molecule has 2 N–H and O–H groups in total. The van der Waals surface area contributed by atoms with Crippen LogP contribution in [-0.2, 0) is 9.47 Å². The van der Waals surface area contributed by atoms with E-state index >= 15 is 0 Å². The molecule has 1 saturated carbocycles. The summed E-state index contributed by atoms with van der Waals surface area (Å²) in [5.41, 5.74) is 6.03. The van der Waals surface area contributed by atoms with Crippen LogP contribution < -0.4 is 5.73 Å². The van der Waals surface area contributed by atoms with E-state index in [1.807, 2.05) is 6.92 Å². The minimum atomic E-state index is 0.127. The van der Waals surface area contributed by atoms with Gasteiger partial charge in [-0.25, -0.2) is 0 Å². The highest BCUT2D eigenvalue weighted by Gasteiger charge is 2.52. The highest BCUT2D eigenvalue weighted by molar-refractivity contribution is 5.81. The minimum Gasteiger partial charge on any atom is -0.383 e. The average Bonchev–Trinajstić information content (AvgIpc) is 2.53. The first-order valence-corrected chi connectivity index (χ1v) is 5.90. The molecule has 2 rings (SSSR count). The number of ether oxygens (including phenoxy) is 2. The molecule has 1 aliphatic carbocycles. The van der Waals surface area contributed by atoms with Crippen molar-refractivity contribution in [3.05, 3.63) is 0 Å². The van der Waals surface area contributed by atoms with Crippen molar-refractivity contribution in [2.24, 2.45) is 10.7 Å². The maximum Gasteiger partial charge on any atom is 0.191 e. The molecule has 0 saturated heterocycles. The number of guanidine groups is 1. The Morgan fingerprint density at radius 1 is 1.56 bits per heavy atom. The molecule has 5 heteroatoms. The fourth-order valence-corrected chi connectivity index (χ4v) is 2.67. The second kappa shape index (κ2) is 4.59. The van der Waals surface area contributed by atoms with E-state index in [1.165, 1.54) is 0 Å². The van der Waals surface area contributed by atoms with Gasteiger partial charge < -0.3 is 20.1 Å². The highest BCUT2D eigenvalue weighted by atomic mass is 16.5. The molecule has 0 bridgehead atoms. The second-order valence-corrected chi connectivity index (χ2v) is 4.53. The third-order valence-electron chi connectivity index (χ3n) is 3.52. The molecule has 0 aromatic heterocycles. The van der Waals surface area contributed by atoms with Crippen molar-refractivity contribution < 1.29 is 9.47 Å². The molecule has 16 heavy (non-hydrogen) atoms. The molecule has 2 aliphatic rings. The zero-order chi connectivity index (χ0) is 11.6. The Morgan fingerprint density at radius 3 is 2.94 bits per heavy atom. The van der Waals surface area contributed by atoms with Crippen molar-refractivity contribution in [3.63, 3.8) is 0 Å². The molecule has 1 heterocycles. The molecule has 0 aromatic carbocycles. The Labute approximate surface area is 96.6 Å². The summed E-state index contributed by atoms with van der Waals surface area (Å²) < 4.78 is 10.7. The molecular weight excluding hydrogens is 206 g/mol. The Morgan fingerprint density at radius 2 is 2.31 bits per heavy atom. The van der Waals surface area contributed by atoms with Crippen LogP contribution in [0.15, 0.2) is 4.99 Å². The third kappa shape index (κ3) is 1.89. The molecule has 1 aliphatic heterocycles. The third-order valence-corrected chi connectivity index (χ3v) is 3.52. The molecule has 0 unspecified atom stereocenters. The lowest BCUT2D eigenvalue weighted by molar-refractivity contribution is -0.0759. The van der Waals surface area contributed by atoms with Crippen LogP contribution in [-0.4, -0.2) is 55.9 Å². The van der Waals surface area contributed by atoms with Gasteiger partial charge in [0.1, 0.15) is 0 Å². The minimum absolute atomic E-state index is 0.127. The van der Waals surface area contributed by atoms with Gasteiger partial charge in [-0.1, -0.05) is 0 Å². The number of hydrogen-bond acceptors (Lipinski definition) is 5. The normalized spacial score (nSPS) is 33.0. The summed E-state index contributed by atoms with van der Waals surface area (Å²) in [6.07, 6.45) is 2.46. The monoisotopic (exact) mass is 227 g/mol. The van der Waals surface area contributed by atoms with E-state index < -0.39 is 0 Å². The molecule has 0 radical (unpaired) electrons.